The Morgan fingerprint density at radius 2 is 1.50 bits per heavy atom. The summed E-state index contributed by atoms with van der Waals surface area (Å²) in [5, 5.41) is 3.81. The van der Waals surface area contributed by atoms with Crippen LogP contribution in [-0.4, -0.2) is 21.5 Å². The summed E-state index contributed by atoms with van der Waals surface area (Å²) in [5.74, 6) is -1.20. The predicted molar refractivity (Wildman–Crippen MR) is 90.7 cm³/mol. The van der Waals surface area contributed by atoms with E-state index < -0.39 is 11.8 Å². The number of halogens is 1. The highest BCUT2D eigenvalue weighted by Gasteiger charge is 2.13. The molecule has 0 saturated heterocycles. The SMILES string of the molecule is Cn1nc(C(=O)Oc2ccc(C(=O)c3ccc(F)cc3)cc2)ccc1=O. The summed E-state index contributed by atoms with van der Waals surface area (Å²) in [6.45, 7) is 0. The van der Waals surface area contributed by atoms with Crippen molar-refractivity contribution in [3.8, 4) is 5.75 Å². The van der Waals surface area contributed by atoms with Crippen LogP contribution in [0.3, 0.4) is 0 Å². The van der Waals surface area contributed by atoms with Crippen molar-refractivity contribution in [2.45, 2.75) is 0 Å². The van der Waals surface area contributed by atoms with Crippen LogP contribution in [0.15, 0.2) is 65.5 Å². The molecule has 0 aliphatic heterocycles. The van der Waals surface area contributed by atoms with Gasteiger partial charge in [-0.3, -0.25) is 9.59 Å². The number of hydrogen-bond acceptors (Lipinski definition) is 5. The van der Waals surface area contributed by atoms with Gasteiger partial charge in [-0.2, -0.15) is 5.10 Å². The van der Waals surface area contributed by atoms with Crippen molar-refractivity contribution in [3.63, 3.8) is 0 Å². The number of ketones is 1. The first kappa shape index (κ1) is 17.2. The molecule has 0 N–H and O–H groups in total. The Morgan fingerprint density at radius 1 is 0.923 bits per heavy atom. The molecule has 0 aliphatic rings. The fourth-order valence-electron chi connectivity index (χ4n) is 2.21. The third-order valence-corrected chi connectivity index (χ3v) is 3.60. The fourth-order valence-corrected chi connectivity index (χ4v) is 2.21. The molecule has 130 valence electrons. The molecular weight excluding hydrogens is 339 g/mol. The summed E-state index contributed by atoms with van der Waals surface area (Å²) in [7, 11) is 1.43. The number of aromatic nitrogens is 2. The number of esters is 1. The van der Waals surface area contributed by atoms with Gasteiger partial charge in [0.15, 0.2) is 11.5 Å². The molecule has 3 aromatic rings. The van der Waals surface area contributed by atoms with Crippen molar-refractivity contribution < 1.29 is 18.7 Å². The zero-order valence-electron chi connectivity index (χ0n) is 13.7. The van der Waals surface area contributed by atoms with E-state index in [0.29, 0.717) is 11.1 Å². The highest BCUT2D eigenvalue weighted by Crippen LogP contribution is 2.17. The van der Waals surface area contributed by atoms with E-state index in [2.05, 4.69) is 5.10 Å². The molecule has 0 amide bonds. The Hall–Kier alpha value is -3.61. The molecule has 2 aromatic carbocycles. The Labute approximate surface area is 147 Å². The average Bonchev–Trinajstić information content (AvgIpc) is 2.64. The second-order valence-electron chi connectivity index (χ2n) is 5.43. The van der Waals surface area contributed by atoms with Gasteiger partial charge in [0.25, 0.3) is 5.56 Å². The van der Waals surface area contributed by atoms with Gasteiger partial charge in [-0.25, -0.2) is 13.9 Å². The Morgan fingerprint density at radius 3 is 2.08 bits per heavy atom. The topological polar surface area (TPSA) is 78.3 Å². The number of carbonyl (C=O) groups is 2. The van der Waals surface area contributed by atoms with Gasteiger partial charge >= 0.3 is 5.97 Å². The Bertz CT molecular complexity index is 1020. The van der Waals surface area contributed by atoms with Crippen LogP contribution in [0, 0.1) is 5.82 Å². The number of rotatable bonds is 4. The summed E-state index contributed by atoms with van der Waals surface area (Å²) in [4.78, 5) is 35.6. The first-order valence-corrected chi connectivity index (χ1v) is 7.61. The zero-order chi connectivity index (χ0) is 18.7. The van der Waals surface area contributed by atoms with Crippen molar-refractivity contribution in [1.82, 2.24) is 9.78 Å². The average molecular weight is 352 g/mol. The molecule has 0 bridgehead atoms. The molecule has 1 aromatic heterocycles. The summed E-state index contributed by atoms with van der Waals surface area (Å²) in [6.07, 6.45) is 0. The lowest BCUT2D eigenvalue weighted by molar-refractivity contribution is 0.0726. The molecule has 0 aliphatic carbocycles. The number of nitrogens with zero attached hydrogens (tertiary/aromatic N) is 2. The highest BCUT2D eigenvalue weighted by atomic mass is 19.1. The number of hydrogen-bond donors (Lipinski definition) is 0. The molecule has 0 saturated carbocycles. The van der Waals surface area contributed by atoms with Gasteiger partial charge < -0.3 is 4.74 Å². The maximum atomic E-state index is 12.9. The van der Waals surface area contributed by atoms with Gasteiger partial charge in [-0.15, -0.1) is 0 Å². The molecule has 0 spiro atoms. The first-order chi connectivity index (χ1) is 12.4. The fraction of sp³-hybridized carbons (Fsp3) is 0.0526. The lowest BCUT2D eigenvalue weighted by Crippen LogP contribution is -2.22. The van der Waals surface area contributed by atoms with Gasteiger partial charge in [0.1, 0.15) is 11.6 Å². The van der Waals surface area contributed by atoms with Gasteiger partial charge in [-0.05, 0) is 54.6 Å². The number of ether oxygens (including phenoxy) is 1. The minimum absolute atomic E-state index is 0.0152. The first-order valence-electron chi connectivity index (χ1n) is 7.61. The van der Waals surface area contributed by atoms with Crippen LogP contribution in [0.25, 0.3) is 0 Å². The Balaban J connectivity index is 1.73. The lowest BCUT2D eigenvalue weighted by atomic mass is 10.0. The lowest BCUT2D eigenvalue weighted by Gasteiger charge is -2.06. The monoisotopic (exact) mass is 352 g/mol. The minimum atomic E-state index is -0.724. The maximum Gasteiger partial charge on any atom is 0.364 e. The van der Waals surface area contributed by atoms with Crippen molar-refractivity contribution in [1.29, 1.82) is 0 Å². The molecule has 3 rings (SSSR count). The molecule has 0 fully saturated rings. The van der Waals surface area contributed by atoms with Crippen molar-refractivity contribution in [2.24, 2.45) is 7.05 Å². The van der Waals surface area contributed by atoms with Crippen LogP contribution in [0.4, 0.5) is 4.39 Å². The summed E-state index contributed by atoms with van der Waals surface area (Å²) >= 11 is 0. The van der Waals surface area contributed by atoms with Crippen molar-refractivity contribution in [3.05, 3.63) is 93.7 Å². The van der Waals surface area contributed by atoms with Crippen LogP contribution in [-0.2, 0) is 7.05 Å². The molecule has 0 unspecified atom stereocenters. The van der Waals surface area contributed by atoms with E-state index in [1.807, 2.05) is 0 Å². The summed E-state index contributed by atoms with van der Waals surface area (Å²) < 4.78 is 19.1. The smallest absolute Gasteiger partial charge is 0.364 e. The summed E-state index contributed by atoms with van der Waals surface area (Å²) in [6, 6.07) is 13.7. The largest absolute Gasteiger partial charge is 0.422 e. The van der Waals surface area contributed by atoms with Crippen molar-refractivity contribution >= 4 is 11.8 Å². The molecule has 26 heavy (non-hydrogen) atoms. The summed E-state index contributed by atoms with van der Waals surface area (Å²) in [5.41, 5.74) is 0.367. The van der Waals surface area contributed by atoms with E-state index >= 15 is 0 Å². The normalized spacial score (nSPS) is 10.4. The molecule has 6 nitrogen and oxygen atoms in total. The van der Waals surface area contributed by atoms with E-state index in [0.717, 1.165) is 4.68 Å². The van der Waals surface area contributed by atoms with Crippen LogP contribution in [0.5, 0.6) is 5.75 Å². The Kier molecular flexibility index (Phi) is 4.70. The standard InChI is InChI=1S/C19H13FN2O4/c1-22-17(23)11-10-16(21-22)19(25)26-15-8-4-13(5-9-15)18(24)12-2-6-14(20)7-3-12/h2-11H,1H3. The third-order valence-electron chi connectivity index (χ3n) is 3.60. The van der Waals surface area contributed by atoms with E-state index in [9.17, 15) is 18.8 Å². The van der Waals surface area contributed by atoms with E-state index in [-0.39, 0.29) is 22.8 Å². The third kappa shape index (κ3) is 3.72. The second kappa shape index (κ2) is 7.10. The van der Waals surface area contributed by atoms with E-state index in [1.165, 1.54) is 67.7 Å². The second-order valence-corrected chi connectivity index (χ2v) is 5.43. The van der Waals surface area contributed by atoms with Gasteiger partial charge in [0, 0.05) is 24.2 Å². The van der Waals surface area contributed by atoms with Crippen LogP contribution >= 0.6 is 0 Å². The quantitative estimate of drug-likeness (QED) is 0.409. The van der Waals surface area contributed by atoms with Gasteiger partial charge in [0.2, 0.25) is 0 Å². The van der Waals surface area contributed by atoms with Crippen LogP contribution < -0.4 is 10.3 Å². The molecular formula is C19H13FN2O4. The maximum absolute atomic E-state index is 12.9. The molecule has 0 atom stereocenters. The predicted octanol–water partition coefficient (Wildman–Crippen LogP) is 2.37. The van der Waals surface area contributed by atoms with Gasteiger partial charge in [0.05, 0.1) is 0 Å². The van der Waals surface area contributed by atoms with Crippen LogP contribution in [0.2, 0.25) is 0 Å². The minimum Gasteiger partial charge on any atom is -0.422 e. The molecule has 7 heteroatoms. The van der Waals surface area contributed by atoms with Crippen LogP contribution in [0.1, 0.15) is 26.4 Å². The molecule has 0 radical (unpaired) electrons. The van der Waals surface area contributed by atoms with Gasteiger partial charge in [-0.1, -0.05) is 0 Å². The number of aryl methyl sites for hydroxylation is 1. The van der Waals surface area contributed by atoms with E-state index in [1.54, 1.807) is 0 Å². The highest BCUT2D eigenvalue weighted by molar-refractivity contribution is 6.09. The van der Waals surface area contributed by atoms with E-state index in [4.69, 9.17) is 4.74 Å². The van der Waals surface area contributed by atoms with Crippen molar-refractivity contribution in [2.75, 3.05) is 0 Å². The molecule has 1 heterocycles. The number of carbonyl (C=O) groups excluding carboxylic acids is 2. The number of benzene rings is 2. The zero-order valence-corrected chi connectivity index (χ0v) is 13.7.